The third-order valence-corrected chi connectivity index (χ3v) is 4.14. The van der Waals surface area contributed by atoms with E-state index < -0.39 is 0 Å². The summed E-state index contributed by atoms with van der Waals surface area (Å²) in [7, 11) is 0. The van der Waals surface area contributed by atoms with Crippen LogP contribution >= 0.6 is 0 Å². The van der Waals surface area contributed by atoms with Crippen LogP contribution in [0.2, 0.25) is 0 Å². The second kappa shape index (κ2) is 8.34. The molecule has 26 heavy (non-hydrogen) atoms. The monoisotopic (exact) mass is 349 g/mol. The molecule has 0 saturated heterocycles. The Balaban J connectivity index is 1.47. The first kappa shape index (κ1) is 17.7. The number of amides is 2. The number of nitrogens with zero attached hydrogens (tertiary/aromatic N) is 1. The van der Waals surface area contributed by atoms with E-state index in [1.807, 2.05) is 55.5 Å². The zero-order valence-corrected chi connectivity index (χ0v) is 15.1. The fourth-order valence-corrected chi connectivity index (χ4v) is 2.55. The van der Waals surface area contributed by atoms with Gasteiger partial charge in [0.25, 0.3) is 0 Å². The van der Waals surface area contributed by atoms with Gasteiger partial charge in [0.1, 0.15) is 6.26 Å². The Morgan fingerprint density at radius 1 is 1.08 bits per heavy atom. The molecule has 0 radical (unpaired) electrons. The maximum Gasteiger partial charge on any atom is 0.319 e. The Bertz CT molecular complexity index is 852. The van der Waals surface area contributed by atoms with Gasteiger partial charge in [-0.05, 0) is 43.2 Å². The Morgan fingerprint density at radius 2 is 1.81 bits per heavy atom. The highest BCUT2D eigenvalue weighted by molar-refractivity contribution is 5.89. The second-order valence-electron chi connectivity index (χ2n) is 6.19. The average molecular weight is 349 g/mol. The number of nitrogens with one attached hydrogen (secondary N) is 2. The van der Waals surface area contributed by atoms with Gasteiger partial charge in [-0.3, -0.25) is 0 Å². The van der Waals surface area contributed by atoms with E-state index in [9.17, 15) is 4.79 Å². The molecule has 5 heteroatoms. The number of aryl methyl sites for hydroxylation is 2. The fraction of sp³-hybridized carbons (Fsp3) is 0.238. The third kappa shape index (κ3) is 4.72. The molecule has 0 atom stereocenters. The molecule has 2 amide bonds. The molecule has 5 nitrogen and oxygen atoms in total. The van der Waals surface area contributed by atoms with E-state index in [0.29, 0.717) is 18.9 Å². The number of urea groups is 1. The van der Waals surface area contributed by atoms with Gasteiger partial charge in [-0.25, -0.2) is 9.78 Å². The summed E-state index contributed by atoms with van der Waals surface area (Å²) in [5.41, 5.74) is 4.98. The van der Waals surface area contributed by atoms with Crippen LogP contribution in [0.1, 0.15) is 23.7 Å². The molecule has 0 fully saturated rings. The summed E-state index contributed by atoms with van der Waals surface area (Å²) in [5.74, 6) is 0.598. The van der Waals surface area contributed by atoms with Crippen LogP contribution in [0.15, 0.2) is 59.2 Å². The predicted molar refractivity (Wildman–Crippen MR) is 103 cm³/mol. The van der Waals surface area contributed by atoms with E-state index in [1.54, 1.807) is 6.26 Å². The van der Waals surface area contributed by atoms with Crippen LogP contribution in [-0.2, 0) is 12.8 Å². The maximum atomic E-state index is 11.9. The highest BCUT2D eigenvalue weighted by atomic mass is 16.3. The highest BCUT2D eigenvalue weighted by Gasteiger charge is 2.07. The smallest absolute Gasteiger partial charge is 0.319 e. The molecule has 2 N–H and O–H groups in total. The van der Waals surface area contributed by atoms with Crippen molar-refractivity contribution in [3.63, 3.8) is 0 Å². The number of hydrogen-bond donors (Lipinski definition) is 2. The molecule has 3 rings (SSSR count). The molecule has 0 saturated carbocycles. The first-order chi connectivity index (χ1) is 12.6. The van der Waals surface area contributed by atoms with Crippen molar-refractivity contribution < 1.29 is 9.21 Å². The van der Waals surface area contributed by atoms with Crippen LogP contribution < -0.4 is 10.6 Å². The summed E-state index contributed by atoms with van der Waals surface area (Å²) < 4.78 is 5.53. The number of anilines is 1. The van der Waals surface area contributed by atoms with E-state index >= 15 is 0 Å². The zero-order valence-electron chi connectivity index (χ0n) is 15.1. The van der Waals surface area contributed by atoms with Crippen LogP contribution in [0.25, 0.3) is 11.5 Å². The van der Waals surface area contributed by atoms with Crippen LogP contribution in [0.4, 0.5) is 10.5 Å². The van der Waals surface area contributed by atoms with Crippen molar-refractivity contribution >= 4 is 11.7 Å². The quantitative estimate of drug-likeness (QED) is 0.685. The maximum absolute atomic E-state index is 11.9. The standard InChI is InChI=1S/C21H23N3O2/c1-3-16-6-10-18(11-7-16)24-21(25)22-13-12-19-14-26-20(23-19)17-8-4-15(2)5-9-17/h4-11,14H,3,12-13H2,1-2H3,(H2,22,24,25). The van der Waals surface area contributed by atoms with Gasteiger partial charge in [0.15, 0.2) is 0 Å². The normalized spacial score (nSPS) is 10.5. The van der Waals surface area contributed by atoms with Crippen molar-refractivity contribution in [2.24, 2.45) is 0 Å². The highest BCUT2D eigenvalue weighted by Crippen LogP contribution is 2.19. The molecule has 0 aliphatic carbocycles. The van der Waals surface area contributed by atoms with Gasteiger partial charge in [-0.15, -0.1) is 0 Å². The van der Waals surface area contributed by atoms with Crippen LogP contribution in [0.5, 0.6) is 0 Å². The van der Waals surface area contributed by atoms with E-state index in [-0.39, 0.29) is 6.03 Å². The Morgan fingerprint density at radius 3 is 2.50 bits per heavy atom. The Labute approximate surface area is 153 Å². The Hall–Kier alpha value is -3.08. The molecule has 0 bridgehead atoms. The summed E-state index contributed by atoms with van der Waals surface area (Å²) in [6, 6.07) is 15.6. The molecule has 3 aromatic rings. The van der Waals surface area contributed by atoms with E-state index in [1.165, 1.54) is 11.1 Å². The van der Waals surface area contributed by atoms with Crippen molar-refractivity contribution in [3.8, 4) is 11.5 Å². The summed E-state index contributed by atoms with van der Waals surface area (Å²) in [5, 5.41) is 5.65. The Kier molecular flexibility index (Phi) is 5.69. The van der Waals surface area contributed by atoms with Crippen molar-refractivity contribution in [2.45, 2.75) is 26.7 Å². The lowest BCUT2D eigenvalue weighted by Gasteiger charge is -2.07. The molecule has 0 aliphatic rings. The molecule has 1 heterocycles. The minimum Gasteiger partial charge on any atom is -0.444 e. The molecule has 0 spiro atoms. The van der Waals surface area contributed by atoms with Crippen molar-refractivity contribution in [1.29, 1.82) is 0 Å². The van der Waals surface area contributed by atoms with E-state index in [2.05, 4.69) is 22.5 Å². The topological polar surface area (TPSA) is 67.2 Å². The van der Waals surface area contributed by atoms with Gasteiger partial charge in [-0.1, -0.05) is 36.8 Å². The number of oxazole rings is 1. The van der Waals surface area contributed by atoms with Gasteiger partial charge < -0.3 is 15.1 Å². The van der Waals surface area contributed by atoms with Crippen molar-refractivity contribution in [3.05, 3.63) is 71.6 Å². The fourth-order valence-electron chi connectivity index (χ4n) is 2.55. The first-order valence-corrected chi connectivity index (χ1v) is 8.79. The SMILES string of the molecule is CCc1ccc(NC(=O)NCCc2coc(-c3ccc(C)cc3)n2)cc1. The second-order valence-corrected chi connectivity index (χ2v) is 6.19. The van der Waals surface area contributed by atoms with Gasteiger partial charge in [0.05, 0.1) is 5.69 Å². The number of carbonyl (C=O) groups is 1. The van der Waals surface area contributed by atoms with Crippen LogP contribution in [-0.4, -0.2) is 17.6 Å². The lowest BCUT2D eigenvalue weighted by Crippen LogP contribution is -2.30. The van der Waals surface area contributed by atoms with E-state index in [0.717, 1.165) is 23.4 Å². The number of hydrogen-bond acceptors (Lipinski definition) is 3. The van der Waals surface area contributed by atoms with Gasteiger partial charge >= 0.3 is 6.03 Å². The van der Waals surface area contributed by atoms with Crippen LogP contribution in [0, 0.1) is 6.92 Å². The average Bonchev–Trinajstić information content (AvgIpc) is 3.12. The number of carbonyl (C=O) groups excluding carboxylic acids is 1. The van der Waals surface area contributed by atoms with Gasteiger partial charge in [0.2, 0.25) is 5.89 Å². The first-order valence-electron chi connectivity index (χ1n) is 8.79. The number of benzene rings is 2. The summed E-state index contributed by atoms with van der Waals surface area (Å²) in [4.78, 5) is 16.4. The minimum absolute atomic E-state index is 0.225. The zero-order chi connectivity index (χ0) is 18.4. The number of rotatable bonds is 6. The molecule has 0 aliphatic heterocycles. The summed E-state index contributed by atoms with van der Waals surface area (Å²) in [6.45, 7) is 4.63. The molecular formula is C21H23N3O2. The molecule has 2 aromatic carbocycles. The van der Waals surface area contributed by atoms with E-state index in [4.69, 9.17) is 4.42 Å². The van der Waals surface area contributed by atoms with Gasteiger partial charge in [0, 0.05) is 24.2 Å². The van der Waals surface area contributed by atoms with Gasteiger partial charge in [-0.2, -0.15) is 0 Å². The van der Waals surface area contributed by atoms with Crippen molar-refractivity contribution in [2.75, 3.05) is 11.9 Å². The molecule has 0 unspecified atom stereocenters. The van der Waals surface area contributed by atoms with Crippen LogP contribution in [0.3, 0.4) is 0 Å². The minimum atomic E-state index is -0.225. The largest absolute Gasteiger partial charge is 0.444 e. The molecular weight excluding hydrogens is 326 g/mol. The predicted octanol–water partition coefficient (Wildman–Crippen LogP) is 4.58. The third-order valence-electron chi connectivity index (χ3n) is 4.14. The number of aromatic nitrogens is 1. The summed E-state index contributed by atoms with van der Waals surface area (Å²) >= 11 is 0. The summed E-state index contributed by atoms with van der Waals surface area (Å²) in [6.07, 6.45) is 3.23. The van der Waals surface area contributed by atoms with Crippen molar-refractivity contribution in [1.82, 2.24) is 10.3 Å². The lowest BCUT2D eigenvalue weighted by atomic mass is 10.1. The molecule has 134 valence electrons. The molecule has 1 aromatic heterocycles. The lowest BCUT2D eigenvalue weighted by molar-refractivity contribution is 0.252.